The Morgan fingerprint density at radius 1 is 1.00 bits per heavy atom. The molecule has 2 aromatic rings. The summed E-state index contributed by atoms with van der Waals surface area (Å²) in [7, 11) is 6.54. The normalized spacial score (nSPS) is 15.4. The van der Waals surface area contributed by atoms with E-state index in [1.165, 1.54) is 0 Å². The van der Waals surface area contributed by atoms with E-state index in [0.29, 0.717) is 42.9 Å². The van der Waals surface area contributed by atoms with Gasteiger partial charge in [-0.1, -0.05) is 12.1 Å². The molecule has 0 spiro atoms. The summed E-state index contributed by atoms with van der Waals surface area (Å²) < 4.78 is 27.9. The number of halogens is 1. The standard InChI is InChI=1S/C24H33N3O5.HI/c1-16-6-7-18(20(10-16)32-19-8-9-31-15-19)14-27-24(25-2)26-13-17-11-21(28-3)23(30-5)22(12-17)29-4;/h6-7,10-12,19H,8-9,13-15H2,1-5H3,(H2,25,26,27);1H. The second-order valence-electron chi connectivity index (χ2n) is 7.53. The topological polar surface area (TPSA) is 82.6 Å². The van der Waals surface area contributed by atoms with Gasteiger partial charge in [-0.15, -0.1) is 24.0 Å². The van der Waals surface area contributed by atoms with Crippen LogP contribution in [0.2, 0.25) is 0 Å². The van der Waals surface area contributed by atoms with Crippen molar-refractivity contribution in [2.24, 2.45) is 4.99 Å². The maximum atomic E-state index is 6.19. The van der Waals surface area contributed by atoms with Gasteiger partial charge in [0.05, 0.1) is 34.5 Å². The highest BCUT2D eigenvalue weighted by molar-refractivity contribution is 14.0. The fourth-order valence-corrected chi connectivity index (χ4v) is 3.53. The SMILES string of the molecule is CN=C(NCc1cc(OC)c(OC)c(OC)c1)NCc1ccc(C)cc1OC1CCOC1.I. The third kappa shape index (κ3) is 7.29. The number of nitrogens with zero attached hydrogens (tertiary/aromatic N) is 1. The number of rotatable bonds is 9. The molecule has 182 valence electrons. The van der Waals surface area contributed by atoms with E-state index in [0.717, 1.165) is 35.5 Å². The number of benzene rings is 2. The summed E-state index contributed by atoms with van der Waals surface area (Å²) in [5.41, 5.74) is 3.20. The minimum absolute atomic E-state index is 0. The molecule has 0 radical (unpaired) electrons. The monoisotopic (exact) mass is 571 g/mol. The van der Waals surface area contributed by atoms with Gasteiger partial charge in [0.15, 0.2) is 17.5 Å². The van der Waals surface area contributed by atoms with E-state index < -0.39 is 0 Å². The molecule has 1 atom stereocenters. The van der Waals surface area contributed by atoms with Gasteiger partial charge < -0.3 is 34.3 Å². The highest BCUT2D eigenvalue weighted by Gasteiger charge is 2.19. The molecule has 2 aromatic carbocycles. The Balaban J connectivity index is 0.00000385. The molecule has 1 heterocycles. The van der Waals surface area contributed by atoms with Gasteiger partial charge in [0.1, 0.15) is 11.9 Å². The molecule has 0 aromatic heterocycles. The largest absolute Gasteiger partial charge is 0.493 e. The molecule has 33 heavy (non-hydrogen) atoms. The predicted octanol–water partition coefficient (Wildman–Crippen LogP) is 3.67. The molecule has 1 saturated heterocycles. The van der Waals surface area contributed by atoms with Gasteiger partial charge in [0, 0.05) is 32.1 Å². The highest BCUT2D eigenvalue weighted by Crippen LogP contribution is 2.38. The molecule has 0 aliphatic carbocycles. The lowest BCUT2D eigenvalue weighted by molar-refractivity contribution is 0.140. The van der Waals surface area contributed by atoms with Gasteiger partial charge in [-0.3, -0.25) is 4.99 Å². The number of aryl methyl sites for hydroxylation is 1. The molecule has 0 amide bonds. The summed E-state index contributed by atoms with van der Waals surface area (Å²) in [6.07, 6.45) is 1.02. The lowest BCUT2D eigenvalue weighted by Crippen LogP contribution is -2.36. The molecule has 0 saturated carbocycles. The average molecular weight is 571 g/mol. The summed E-state index contributed by atoms with van der Waals surface area (Å²) >= 11 is 0. The van der Waals surface area contributed by atoms with E-state index in [1.54, 1.807) is 28.4 Å². The van der Waals surface area contributed by atoms with Crippen LogP contribution in [0.4, 0.5) is 0 Å². The van der Waals surface area contributed by atoms with Crippen molar-refractivity contribution in [1.82, 2.24) is 10.6 Å². The van der Waals surface area contributed by atoms with E-state index in [4.69, 9.17) is 23.7 Å². The smallest absolute Gasteiger partial charge is 0.203 e. The van der Waals surface area contributed by atoms with Crippen molar-refractivity contribution in [2.45, 2.75) is 32.5 Å². The fraction of sp³-hybridized carbons (Fsp3) is 0.458. The summed E-state index contributed by atoms with van der Waals surface area (Å²) in [6.45, 7) is 4.57. The minimum Gasteiger partial charge on any atom is -0.493 e. The van der Waals surface area contributed by atoms with Crippen molar-refractivity contribution in [2.75, 3.05) is 41.6 Å². The van der Waals surface area contributed by atoms with Gasteiger partial charge in [0.2, 0.25) is 5.75 Å². The van der Waals surface area contributed by atoms with E-state index in [-0.39, 0.29) is 30.1 Å². The van der Waals surface area contributed by atoms with Crippen LogP contribution >= 0.6 is 24.0 Å². The van der Waals surface area contributed by atoms with Gasteiger partial charge in [-0.05, 0) is 36.2 Å². The zero-order chi connectivity index (χ0) is 22.9. The number of nitrogens with one attached hydrogen (secondary N) is 2. The number of hydrogen-bond acceptors (Lipinski definition) is 6. The average Bonchev–Trinajstić information content (AvgIpc) is 3.32. The number of hydrogen-bond donors (Lipinski definition) is 2. The molecule has 1 aliphatic heterocycles. The van der Waals surface area contributed by atoms with Crippen molar-refractivity contribution in [1.29, 1.82) is 0 Å². The first-order valence-electron chi connectivity index (χ1n) is 10.6. The van der Waals surface area contributed by atoms with E-state index in [9.17, 15) is 0 Å². The lowest BCUT2D eigenvalue weighted by Gasteiger charge is -2.18. The summed E-state index contributed by atoms with van der Waals surface area (Å²) in [5.74, 6) is 3.36. The third-order valence-corrected chi connectivity index (χ3v) is 5.26. The fourth-order valence-electron chi connectivity index (χ4n) is 3.53. The Labute approximate surface area is 213 Å². The van der Waals surface area contributed by atoms with Gasteiger partial charge in [0.25, 0.3) is 0 Å². The second-order valence-corrected chi connectivity index (χ2v) is 7.53. The van der Waals surface area contributed by atoms with E-state index in [2.05, 4.69) is 40.7 Å². The zero-order valence-electron chi connectivity index (χ0n) is 19.9. The van der Waals surface area contributed by atoms with Crippen LogP contribution < -0.4 is 29.6 Å². The highest BCUT2D eigenvalue weighted by atomic mass is 127. The molecule has 3 rings (SSSR count). The third-order valence-electron chi connectivity index (χ3n) is 5.26. The van der Waals surface area contributed by atoms with Crippen LogP contribution in [-0.4, -0.2) is 53.7 Å². The van der Waals surface area contributed by atoms with Crippen LogP contribution in [0.15, 0.2) is 35.3 Å². The van der Waals surface area contributed by atoms with Crippen molar-refractivity contribution in [3.8, 4) is 23.0 Å². The Hall–Kier alpha value is -2.40. The summed E-state index contributed by atoms with van der Waals surface area (Å²) in [4.78, 5) is 4.33. The van der Waals surface area contributed by atoms with Gasteiger partial charge >= 0.3 is 0 Å². The van der Waals surface area contributed by atoms with Crippen molar-refractivity contribution >= 4 is 29.9 Å². The molecular formula is C24H34IN3O5. The molecule has 9 heteroatoms. The molecule has 1 fully saturated rings. The van der Waals surface area contributed by atoms with Crippen LogP contribution in [-0.2, 0) is 17.8 Å². The molecule has 1 unspecified atom stereocenters. The first-order chi connectivity index (χ1) is 15.6. The van der Waals surface area contributed by atoms with Crippen LogP contribution in [0.3, 0.4) is 0 Å². The predicted molar refractivity (Wildman–Crippen MR) is 140 cm³/mol. The molecule has 1 aliphatic rings. The number of guanidine groups is 1. The first kappa shape index (κ1) is 26.8. The van der Waals surface area contributed by atoms with Crippen LogP contribution in [0, 0.1) is 6.92 Å². The van der Waals surface area contributed by atoms with Crippen molar-refractivity contribution in [3.63, 3.8) is 0 Å². The Bertz CT molecular complexity index is 907. The van der Waals surface area contributed by atoms with E-state index in [1.807, 2.05) is 12.1 Å². The Kier molecular flexibility index (Phi) is 10.9. The second kappa shape index (κ2) is 13.3. The number of methoxy groups -OCH3 is 3. The van der Waals surface area contributed by atoms with Gasteiger partial charge in [-0.2, -0.15) is 0 Å². The van der Waals surface area contributed by atoms with Crippen molar-refractivity contribution < 1.29 is 23.7 Å². The molecule has 0 bridgehead atoms. The molecule has 2 N–H and O–H groups in total. The lowest BCUT2D eigenvalue weighted by atomic mass is 10.1. The Morgan fingerprint density at radius 3 is 2.27 bits per heavy atom. The molecular weight excluding hydrogens is 537 g/mol. The maximum absolute atomic E-state index is 6.19. The van der Waals surface area contributed by atoms with Crippen LogP contribution in [0.25, 0.3) is 0 Å². The van der Waals surface area contributed by atoms with Crippen LogP contribution in [0.5, 0.6) is 23.0 Å². The Morgan fingerprint density at radius 2 is 1.70 bits per heavy atom. The summed E-state index contributed by atoms with van der Waals surface area (Å²) in [6, 6.07) is 10.1. The summed E-state index contributed by atoms with van der Waals surface area (Å²) in [5, 5.41) is 6.69. The quantitative estimate of drug-likeness (QED) is 0.270. The first-order valence-corrected chi connectivity index (χ1v) is 10.6. The number of aliphatic imine (C=N–C) groups is 1. The zero-order valence-corrected chi connectivity index (χ0v) is 22.2. The van der Waals surface area contributed by atoms with Gasteiger partial charge in [-0.25, -0.2) is 0 Å². The molecule has 8 nitrogen and oxygen atoms in total. The maximum Gasteiger partial charge on any atom is 0.203 e. The van der Waals surface area contributed by atoms with Crippen molar-refractivity contribution in [3.05, 3.63) is 47.0 Å². The van der Waals surface area contributed by atoms with Crippen LogP contribution in [0.1, 0.15) is 23.1 Å². The number of ether oxygens (including phenoxy) is 5. The van der Waals surface area contributed by atoms with E-state index >= 15 is 0 Å². The minimum atomic E-state index is 0.